The van der Waals surface area contributed by atoms with Gasteiger partial charge in [0.1, 0.15) is 0 Å². The van der Waals surface area contributed by atoms with Gasteiger partial charge in [-0.1, -0.05) is 126 Å². The summed E-state index contributed by atoms with van der Waals surface area (Å²) in [5.74, 6) is -0.826. The molecule has 5 atom stereocenters. The summed E-state index contributed by atoms with van der Waals surface area (Å²) in [4.78, 5) is 28.1. The molecule has 4 nitrogen and oxygen atoms in total. The fourth-order valence-electron chi connectivity index (χ4n) is 9.68. The van der Waals surface area contributed by atoms with E-state index in [1.54, 1.807) is 24.3 Å². The van der Waals surface area contributed by atoms with E-state index < -0.39 is 40.4 Å². The van der Waals surface area contributed by atoms with Gasteiger partial charge in [-0.3, -0.25) is 0 Å². The first-order valence-electron chi connectivity index (χ1n) is 15.2. The highest BCUT2D eigenvalue weighted by Crippen LogP contribution is 2.87. The molecular weight excluding hydrogens is 532 g/mol. The number of benzene rings is 4. The summed E-state index contributed by atoms with van der Waals surface area (Å²) in [7, 11) is 0. The average molecular weight is 571 g/mol. The van der Waals surface area contributed by atoms with E-state index >= 15 is 0 Å². The molecule has 218 valence electrons. The van der Waals surface area contributed by atoms with Gasteiger partial charge in [-0.2, -0.15) is 0 Å². The van der Waals surface area contributed by atoms with Crippen molar-refractivity contribution >= 4 is 11.9 Å². The number of ether oxygens (including phenoxy) is 2. The van der Waals surface area contributed by atoms with Crippen molar-refractivity contribution in [3.05, 3.63) is 143 Å². The van der Waals surface area contributed by atoms with Gasteiger partial charge in [-0.25, -0.2) is 9.59 Å². The van der Waals surface area contributed by atoms with Crippen LogP contribution in [0.1, 0.15) is 84.5 Å². The first-order chi connectivity index (χ1) is 20.5. The monoisotopic (exact) mass is 570 g/mol. The van der Waals surface area contributed by atoms with E-state index in [2.05, 4.69) is 90.1 Å². The highest BCUT2D eigenvalue weighted by Gasteiger charge is 2.93. The summed E-state index contributed by atoms with van der Waals surface area (Å²) in [5, 5.41) is 0. The van der Waals surface area contributed by atoms with Gasteiger partial charge in [0.25, 0.3) is 0 Å². The number of hydrogen-bond donors (Lipinski definition) is 0. The molecule has 3 aliphatic rings. The van der Waals surface area contributed by atoms with Gasteiger partial charge in [-0.15, -0.1) is 0 Å². The van der Waals surface area contributed by atoms with Crippen molar-refractivity contribution < 1.29 is 19.1 Å². The third-order valence-corrected chi connectivity index (χ3v) is 10.7. The Hall–Kier alpha value is -4.18. The molecule has 3 unspecified atom stereocenters. The van der Waals surface area contributed by atoms with Crippen LogP contribution in [0.15, 0.2) is 109 Å². The van der Waals surface area contributed by atoms with E-state index in [1.807, 2.05) is 36.4 Å². The lowest BCUT2D eigenvalue weighted by Crippen LogP contribution is -2.78. The molecule has 0 aromatic heterocycles. The first kappa shape index (κ1) is 27.6. The third-order valence-electron chi connectivity index (χ3n) is 10.7. The van der Waals surface area contributed by atoms with E-state index in [0.717, 1.165) is 11.1 Å². The van der Waals surface area contributed by atoms with Crippen LogP contribution in [0.2, 0.25) is 0 Å². The van der Waals surface area contributed by atoms with Gasteiger partial charge >= 0.3 is 11.9 Å². The van der Waals surface area contributed by atoms with Crippen LogP contribution < -0.4 is 0 Å². The summed E-state index contributed by atoms with van der Waals surface area (Å²) in [6, 6.07) is 35.4. The fourth-order valence-corrected chi connectivity index (χ4v) is 9.68. The smallest absolute Gasteiger partial charge is 0.338 e. The summed E-state index contributed by atoms with van der Waals surface area (Å²) in [5.41, 5.74) is 3.06. The molecule has 4 aromatic rings. The summed E-state index contributed by atoms with van der Waals surface area (Å²) in [6.07, 6.45) is -1.51. The highest BCUT2D eigenvalue weighted by molar-refractivity contribution is 5.92. The van der Waals surface area contributed by atoms with Crippen LogP contribution in [0.3, 0.4) is 0 Å². The van der Waals surface area contributed by atoms with Crippen molar-refractivity contribution in [1.82, 2.24) is 0 Å². The normalized spacial score (nSPS) is 28.2. The zero-order valence-electron chi connectivity index (χ0n) is 25.7. The van der Waals surface area contributed by atoms with Gasteiger partial charge in [0.05, 0.1) is 22.0 Å². The zero-order valence-corrected chi connectivity index (χ0v) is 25.7. The molecule has 0 N–H and O–H groups in total. The van der Waals surface area contributed by atoms with E-state index in [4.69, 9.17) is 9.47 Å². The Bertz CT molecular complexity index is 1610. The van der Waals surface area contributed by atoms with Crippen LogP contribution in [0.4, 0.5) is 0 Å². The Balaban J connectivity index is 1.56. The van der Waals surface area contributed by atoms with Crippen molar-refractivity contribution in [3.8, 4) is 0 Å². The molecule has 4 heteroatoms. The van der Waals surface area contributed by atoms with Crippen LogP contribution >= 0.6 is 0 Å². The average Bonchev–Trinajstić information content (AvgIpc) is 3.13. The molecule has 1 saturated carbocycles. The second-order valence-corrected chi connectivity index (χ2v) is 14.3. The van der Waals surface area contributed by atoms with Crippen molar-refractivity contribution in [2.45, 2.75) is 70.0 Å². The standard InChI is InChI=1S/C39H38O4/c1-35(2,3)38-29-23-15-13-21-27(29)37(38)28-22-14-16-24-30(28)39(37,36(4,5)6)32(43-34(41)26-19-11-8-12-20-26)31(38)42-33(40)25-17-9-7-10-18-25/h7-24,31-32H,1-6H3/t31?,32?,37-,38+,39?/m1/s1. The Morgan fingerprint density at radius 2 is 0.791 bits per heavy atom. The molecule has 0 bridgehead atoms. The maximum atomic E-state index is 14.1. The van der Waals surface area contributed by atoms with Crippen molar-refractivity contribution in [1.29, 1.82) is 0 Å². The molecule has 1 fully saturated rings. The van der Waals surface area contributed by atoms with Crippen molar-refractivity contribution in [2.75, 3.05) is 0 Å². The third kappa shape index (κ3) is 3.07. The number of carbonyl (C=O) groups excluding carboxylic acids is 2. The number of rotatable bonds is 4. The lowest BCUT2D eigenvalue weighted by molar-refractivity contribution is -0.0787. The zero-order chi connectivity index (χ0) is 30.4. The fraction of sp³-hybridized carbons (Fsp3) is 0.333. The van der Waals surface area contributed by atoms with E-state index in [0.29, 0.717) is 11.1 Å². The lowest BCUT2D eigenvalue weighted by atomic mass is 9.26. The highest BCUT2D eigenvalue weighted by atomic mass is 16.6. The topological polar surface area (TPSA) is 52.6 Å². The predicted molar refractivity (Wildman–Crippen MR) is 167 cm³/mol. The Kier molecular flexibility index (Phi) is 5.73. The van der Waals surface area contributed by atoms with Gasteiger partial charge < -0.3 is 9.47 Å². The molecule has 0 heterocycles. The lowest BCUT2D eigenvalue weighted by Gasteiger charge is -2.75. The Morgan fingerprint density at radius 3 is 1.12 bits per heavy atom. The summed E-state index contributed by atoms with van der Waals surface area (Å²) < 4.78 is 13.6. The van der Waals surface area contributed by atoms with E-state index in [1.165, 1.54) is 11.1 Å². The molecule has 0 amide bonds. The molecule has 0 saturated heterocycles. The number of esters is 2. The molecule has 4 aromatic carbocycles. The van der Waals surface area contributed by atoms with Crippen molar-refractivity contribution in [2.24, 2.45) is 10.8 Å². The van der Waals surface area contributed by atoms with Crippen LogP contribution in [0.25, 0.3) is 0 Å². The quantitative estimate of drug-likeness (QED) is 0.233. The van der Waals surface area contributed by atoms with Crippen molar-refractivity contribution in [3.63, 3.8) is 0 Å². The maximum absolute atomic E-state index is 14.1. The molecular formula is C39H38O4. The molecule has 1 spiro atoms. The SMILES string of the molecule is CC(C)(C)C12c3ccccc3[C@@]13c1ccccc1[C@@]3(C(C)(C)C)C(OC(=O)c1ccccc1)C2OC(=O)c1ccccc1. The first-order valence-corrected chi connectivity index (χ1v) is 15.2. The van der Waals surface area contributed by atoms with Gasteiger partial charge in [-0.05, 0) is 57.3 Å². The van der Waals surface area contributed by atoms with Crippen LogP contribution in [-0.4, -0.2) is 24.1 Å². The molecule has 0 radical (unpaired) electrons. The predicted octanol–water partition coefficient (Wildman–Crippen LogP) is 8.03. The van der Waals surface area contributed by atoms with Crippen LogP contribution in [0, 0.1) is 10.8 Å². The van der Waals surface area contributed by atoms with E-state index in [-0.39, 0.29) is 10.8 Å². The Morgan fingerprint density at radius 1 is 0.488 bits per heavy atom. The minimum absolute atomic E-state index is 0.388. The number of hydrogen-bond acceptors (Lipinski definition) is 4. The summed E-state index contributed by atoms with van der Waals surface area (Å²) in [6.45, 7) is 13.4. The maximum Gasteiger partial charge on any atom is 0.338 e. The van der Waals surface area contributed by atoms with Crippen LogP contribution in [0.5, 0.6) is 0 Å². The minimum atomic E-state index is -0.755. The molecule has 3 aliphatic carbocycles. The van der Waals surface area contributed by atoms with Crippen LogP contribution in [-0.2, 0) is 25.7 Å². The van der Waals surface area contributed by atoms with Gasteiger partial charge in [0.15, 0.2) is 12.2 Å². The Labute approximate surface area is 254 Å². The summed E-state index contributed by atoms with van der Waals surface area (Å²) >= 11 is 0. The molecule has 43 heavy (non-hydrogen) atoms. The minimum Gasteiger partial charge on any atom is -0.454 e. The van der Waals surface area contributed by atoms with Gasteiger partial charge in [0.2, 0.25) is 0 Å². The van der Waals surface area contributed by atoms with Gasteiger partial charge in [0, 0.05) is 5.41 Å². The number of carbonyl (C=O) groups is 2. The van der Waals surface area contributed by atoms with E-state index in [9.17, 15) is 9.59 Å². The largest absolute Gasteiger partial charge is 0.454 e. The molecule has 7 rings (SSSR count). The molecule has 0 aliphatic heterocycles. The second-order valence-electron chi connectivity index (χ2n) is 14.3. The second kappa shape index (κ2) is 8.92. The number of fused-ring (bicyclic) bond motifs is 4.